The zero-order chi connectivity index (χ0) is 30.9. The number of hydrogen-bond acceptors (Lipinski definition) is 1. The summed E-state index contributed by atoms with van der Waals surface area (Å²) in [5.41, 5.74) is 9.25. The van der Waals surface area contributed by atoms with Crippen molar-refractivity contribution in [1.82, 2.24) is 0 Å². The Morgan fingerprint density at radius 3 is 1.60 bits per heavy atom. The molecule has 0 radical (unpaired) electrons. The molecule has 1 heterocycles. The lowest BCUT2D eigenvalue weighted by molar-refractivity contribution is 0.673. The fraction of sp³-hybridized carbons (Fsp3) is 0. The third-order valence-electron chi connectivity index (χ3n) is 9.82. The molecular weight excluding hydrogens is 569 g/mol. The van der Waals surface area contributed by atoms with E-state index in [0.717, 1.165) is 21.9 Å². The van der Waals surface area contributed by atoms with Crippen molar-refractivity contribution in [3.8, 4) is 33.4 Å². The lowest BCUT2D eigenvalue weighted by Crippen LogP contribution is -1.92. The normalized spacial score (nSPS) is 11.8. The summed E-state index contributed by atoms with van der Waals surface area (Å²) < 4.78 is 6.63. The van der Waals surface area contributed by atoms with Gasteiger partial charge in [0.1, 0.15) is 11.2 Å². The minimum atomic E-state index is 0.913. The lowest BCUT2D eigenvalue weighted by Gasteiger charge is -2.19. The summed E-state index contributed by atoms with van der Waals surface area (Å²) >= 11 is 0. The van der Waals surface area contributed by atoms with Gasteiger partial charge in [0.25, 0.3) is 0 Å². The molecule has 9 aromatic carbocycles. The Bertz CT molecular complexity index is 2790. The Kier molecular flexibility index (Phi) is 5.64. The van der Waals surface area contributed by atoms with Gasteiger partial charge in [0.15, 0.2) is 0 Å². The second-order valence-electron chi connectivity index (χ2n) is 12.4. The Hall–Kier alpha value is -6.18. The monoisotopic (exact) mass is 596 g/mol. The first-order chi connectivity index (χ1) is 23.3. The van der Waals surface area contributed by atoms with Crippen LogP contribution in [0.15, 0.2) is 174 Å². The first kappa shape index (κ1) is 26.1. The molecule has 1 heteroatoms. The summed E-state index contributed by atoms with van der Waals surface area (Å²) in [5, 5.41) is 12.1. The Balaban J connectivity index is 1.32. The molecule has 10 aromatic rings. The molecule has 0 atom stereocenters. The molecule has 0 aliphatic carbocycles. The van der Waals surface area contributed by atoms with Crippen LogP contribution in [0.3, 0.4) is 0 Å². The summed E-state index contributed by atoms with van der Waals surface area (Å²) in [4.78, 5) is 0. The van der Waals surface area contributed by atoms with Gasteiger partial charge in [-0.2, -0.15) is 0 Å². The maximum Gasteiger partial charge on any atom is 0.143 e. The third kappa shape index (κ3) is 3.90. The van der Waals surface area contributed by atoms with E-state index < -0.39 is 0 Å². The zero-order valence-corrected chi connectivity index (χ0v) is 25.6. The van der Waals surface area contributed by atoms with Gasteiger partial charge in [-0.1, -0.05) is 152 Å². The summed E-state index contributed by atoms with van der Waals surface area (Å²) in [6.45, 7) is 0. The predicted octanol–water partition coefficient (Wildman–Crippen LogP) is 13.2. The molecule has 0 aliphatic rings. The zero-order valence-electron chi connectivity index (χ0n) is 25.6. The van der Waals surface area contributed by atoms with Gasteiger partial charge >= 0.3 is 0 Å². The second kappa shape index (κ2) is 10.2. The Morgan fingerprint density at radius 2 is 0.851 bits per heavy atom. The topological polar surface area (TPSA) is 13.1 Å². The van der Waals surface area contributed by atoms with Crippen molar-refractivity contribution in [3.05, 3.63) is 170 Å². The van der Waals surface area contributed by atoms with E-state index >= 15 is 0 Å². The highest BCUT2D eigenvalue weighted by Crippen LogP contribution is 2.48. The molecule has 0 saturated heterocycles. The van der Waals surface area contributed by atoms with E-state index in [-0.39, 0.29) is 0 Å². The average Bonchev–Trinajstić information content (AvgIpc) is 3.54. The van der Waals surface area contributed by atoms with Gasteiger partial charge in [0.2, 0.25) is 0 Å². The van der Waals surface area contributed by atoms with E-state index in [1.54, 1.807) is 0 Å². The van der Waals surface area contributed by atoms with Gasteiger partial charge in [0, 0.05) is 16.2 Å². The molecule has 0 unspecified atom stereocenters. The van der Waals surface area contributed by atoms with Crippen LogP contribution in [0.25, 0.3) is 98.4 Å². The fourth-order valence-corrected chi connectivity index (χ4v) is 7.81. The average molecular weight is 597 g/mol. The molecule has 0 bridgehead atoms. The molecule has 1 aromatic heterocycles. The van der Waals surface area contributed by atoms with Crippen LogP contribution in [0.4, 0.5) is 0 Å². The van der Waals surface area contributed by atoms with E-state index in [1.165, 1.54) is 76.5 Å². The molecule has 0 saturated carbocycles. The third-order valence-corrected chi connectivity index (χ3v) is 9.82. The lowest BCUT2D eigenvalue weighted by atomic mass is 9.83. The van der Waals surface area contributed by atoms with Gasteiger partial charge < -0.3 is 4.42 Å². The van der Waals surface area contributed by atoms with E-state index in [0.29, 0.717) is 0 Å². The number of rotatable bonds is 3. The van der Waals surface area contributed by atoms with Gasteiger partial charge in [-0.25, -0.2) is 0 Å². The highest BCUT2D eigenvalue weighted by atomic mass is 16.3. The number of benzene rings is 9. The Labute approximate surface area is 271 Å². The van der Waals surface area contributed by atoms with Crippen molar-refractivity contribution >= 4 is 65.0 Å². The molecule has 0 N–H and O–H groups in total. The summed E-state index contributed by atoms with van der Waals surface area (Å²) in [6.07, 6.45) is 0. The molecule has 0 aliphatic heterocycles. The molecule has 0 spiro atoms. The SMILES string of the molecule is c1cc(-c2cccc3ccccc23)cc(-c2c3ccccc3c(-c3cc4ccccc4c4oc5ccccc5c34)c3ccccc23)c1. The van der Waals surface area contributed by atoms with E-state index in [4.69, 9.17) is 4.42 Å². The van der Waals surface area contributed by atoms with Crippen LogP contribution in [0.1, 0.15) is 0 Å². The molecular formula is C46H28O. The van der Waals surface area contributed by atoms with Crippen molar-refractivity contribution in [2.24, 2.45) is 0 Å². The van der Waals surface area contributed by atoms with Crippen LogP contribution in [0.5, 0.6) is 0 Å². The van der Waals surface area contributed by atoms with Crippen LogP contribution in [-0.2, 0) is 0 Å². The minimum Gasteiger partial charge on any atom is -0.455 e. The van der Waals surface area contributed by atoms with Gasteiger partial charge in [-0.15, -0.1) is 0 Å². The first-order valence-electron chi connectivity index (χ1n) is 16.2. The number of fused-ring (bicyclic) bond motifs is 8. The van der Waals surface area contributed by atoms with Gasteiger partial charge in [-0.05, 0) is 89.3 Å². The first-order valence-corrected chi connectivity index (χ1v) is 16.2. The van der Waals surface area contributed by atoms with E-state index in [9.17, 15) is 0 Å². The van der Waals surface area contributed by atoms with Crippen LogP contribution < -0.4 is 0 Å². The van der Waals surface area contributed by atoms with Crippen molar-refractivity contribution in [3.63, 3.8) is 0 Å². The molecule has 0 amide bonds. The maximum atomic E-state index is 6.63. The molecule has 1 nitrogen and oxygen atoms in total. The van der Waals surface area contributed by atoms with E-state index in [1.807, 2.05) is 0 Å². The van der Waals surface area contributed by atoms with Crippen LogP contribution in [0, 0.1) is 0 Å². The summed E-state index contributed by atoms with van der Waals surface area (Å²) in [5.74, 6) is 0. The van der Waals surface area contributed by atoms with E-state index in [2.05, 4.69) is 170 Å². The largest absolute Gasteiger partial charge is 0.455 e. The maximum absolute atomic E-state index is 6.63. The standard InChI is InChI=1S/C46H28O/c1-3-18-33-29(13-1)15-12-25-34(33)30-16-11-17-32(27-30)43-36-20-5-7-22-38(36)44(39-23-8-6-21-37(39)43)41-28-31-14-2-4-19-35(31)46-45(41)40-24-9-10-26-42(40)47-46/h1-28H. The van der Waals surface area contributed by atoms with Gasteiger partial charge in [-0.3, -0.25) is 0 Å². The highest BCUT2D eigenvalue weighted by Gasteiger charge is 2.22. The quantitative estimate of drug-likeness (QED) is 0.185. The number of furan rings is 1. The predicted molar refractivity (Wildman–Crippen MR) is 200 cm³/mol. The summed E-state index contributed by atoms with van der Waals surface area (Å²) in [6, 6.07) is 61.5. The van der Waals surface area contributed by atoms with Crippen LogP contribution >= 0.6 is 0 Å². The van der Waals surface area contributed by atoms with Crippen molar-refractivity contribution in [2.45, 2.75) is 0 Å². The second-order valence-corrected chi connectivity index (χ2v) is 12.4. The number of hydrogen-bond donors (Lipinski definition) is 0. The van der Waals surface area contributed by atoms with Gasteiger partial charge in [0.05, 0.1) is 0 Å². The van der Waals surface area contributed by atoms with Crippen LogP contribution in [-0.4, -0.2) is 0 Å². The molecule has 218 valence electrons. The Morgan fingerprint density at radius 1 is 0.319 bits per heavy atom. The molecule has 0 fully saturated rings. The van der Waals surface area contributed by atoms with Crippen molar-refractivity contribution in [1.29, 1.82) is 0 Å². The minimum absolute atomic E-state index is 0.913. The fourth-order valence-electron chi connectivity index (χ4n) is 7.81. The summed E-state index contributed by atoms with van der Waals surface area (Å²) in [7, 11) is 0. The molecule has 47 heavy (non-hydrogen) atoms. The molecule has 10 rings (SSSR count). The highest BCUT2D eigenvalue weighted by molar-refractivity contribution is 6.28. The van der Waals surface area contributed by atoms with Crippen molar-refractivity contribution in [2.75, 3.05) is 0 Å². The van der Waals surface area contributed by atoms with Crippen LogP contribution in [0.2, 0.25) is 0 Å². The smallest absolute Gasteiger partial charge is 0.143 e. The number of para-hydroxylation sites is 1. The van der Waals surface area contributed by atoms with Crippen molar-refractivity contribution < 1.29 is 4.42 Å².